The Morgan fingerprint density at radius 1 is 1.05 bits per heavy atom. The molecule has 1 atom stereocenters. The number of allylic oxidation sites excluding steroid dienone is 1. The first-order valence-electron chi connectivity index (χ1n) is 14.1. The minimum Gasteiger partial charge on any atom is -0.493 e. The van der Waals surface area contributed by atoms with E-state index in [0.717, 1.165) is 29.1 Å². The third kappa shape index (κ3) is 5.84. The molecule has 1 aliphatic rings. The van der Waals surface area contributed by atoms with Gasteiger partial charge in [-0.25, -0.2) is 4.98 Å². The highest BCUT2D eigenvalue weighted by molar-refractivity contribution is 7.15. The monoisotopic (exact) mass is 604 g/mol. The molecule has 0 fully saturated rings. The lowest BCUT2D eigenvalue weighted by Gasteiger charge is -2.36. The molecule has 0 amide bonds. The van der Waals surface area contributed by atoms with Crippen LogP contribution in [0.3, 0.4) is 0 Å². The lowest BCUT2D eigenvalue weighted by molar-refractivity contribution is 0.104. The molecule has 5 aromatic rings. The van der Waals surface area contributed by atoms with E-state index in [2.05, 4.69) is 56.3 Å². The van der Waals surface area contributed by atoms with Crippen molar-refractivity contribution in [1.82, 2.24) is 19.9 Å². The molecule has 3 aromatic heterocycles. The van der Waals surface area contributed by atoms with Crippen LogP contribution >= 0.6 is 11.3 Å². The predicted molar refractivity (Wildman–Crippen MR) is 173 cm³/mol. The van der Waals surface area contributed by atoms with Gasteiger partial charge in [-0.05, 0) is 59.5 Å². The quantitative estimate of drug-likeness (QED) is 0.160. The van der Waals surface area contributed by atoms with Gasteiger partial charge in [-0.1, -0.05) is 30.3 Å². The molecular formula is C34H32N6O3S. The van der Waals surface area contributed by atoms with Gasteiger partial charge in [0.05, 0.1) is 36.4 Å². The number of fused-ring (bicyclic) bond motifs is 1. The molecule has 4 heterocycles. The van der Waals surface area contributed by atoms with E-state index < -0.39 is 0 Å². The number of anilines is 2. The summed E-state index contributed by atoms with van der Waals surface area (Å²) in [5.74, 6) is 1.000. The molecule has 2 aromatic carbocycles. The fourth-order valence-corrected chi connectivity index (χ4v) is 6.68. The largest absolute Gasteiger partial charge is 0.493 e. The number of nitrogens with zero attached hydrogens (tertiary/aromatic N) is 4. The van der Waals surface area contributed by atoms with E-state index in [1.807, 2.05) is 36.7 Å². The fourth-order valence-electron chi connectivity index (χ4n) is 5.56. The van der Waals surface area contributed by atoms with E-state index in [0.29, 0.717) is 29.0 Å². The Kier molecular flexibility index (Phi) is 8.25. The number of benzene rings is 2. The molecule has 1 unspecified atom stereocenters. The van der Waals surface area contributed by atoms with Gasteiger partial charge < -0.3 is 25.8 Å². The van der Waals surface area contributed by atoms with Crippen molar-refractivity contribution < 1.29 is 14.3 Å². The zero-order valence-corrected chi connectivity index (χ0v) is 25.3. The highest BCUT2D eigenvalue weighted by Gasteiger charge is 2.28. The average molecular weight is 605 g/mol. The van der Waals surface area contributed by atoms with Crippen LogP contribution in [0, 0.1) is 0 Å². The maximum Gasteiger partial charge on any atom is 0.221 e. The van der Waals surface area contributed by atoms with Crippen molar-refractivity contribution >= 4 is 28.9 Å². The van der Waals surface area contributed by atoms with Crippen LogP contribution in [-0.2, 0) is 12.8 Å². The standard InChI is InChI=1S/C34H32N6O3S/c1-42-28-19-21(17-23-20-38-34(36)39-33(23)35)18-25(32(28)43-2)27(41)13-16-40-15-12-22-7-3-4-8-24(22)31(40)30-11-10-29(44-30)26-9-5-6-14-37-26/h3-11,13-14,16,18-20,31H,12,15,17H2,1-2H3,(H4,35,36,38,39)/b16-13+. The summed E-state index contributed by atoms with van der Waals surface area (Å²) in [7, 11) is 3.07. The lowest BCUT2D eigenvalue weighted by Crippen LogP contribution is -2.31. The number of ether oxygens (including phenoxy) is 2. The van der Waals surface area contributed by atoms with Crippen LogP contribution in [0.2, 0.25) is 0 Å². The van der Waals surface area contributed by atoms with Crippen LogP contribution < -0.4 is 20.9 Å². The second-order valence-corrected chi connectivity index (χ2v) is 11.5. The van der Waals surface area contributed by atoms with E-state index in [9.17, 15) is 4.79 Å². The van der Waals surface area contributed by atoms with E-state index in [-0.39, 0.29) is 23.6 Å². The minimum atomic E-state index is -0.207. The zero-order chi connectivity index (χ0) is 30.6. The minimum absolute atomic E-state index is 0.0391. The van der Waals surface area contributed by atoms with Crippen molar-refractivity contribution in [2.75, 3.05) is 32.2 Å². The Morgan fingerprint density at radius 3 is 2.66 bits per heavy atom. The van der Waals surface area contributed by atoms with Gasteiger partial charge in [-0.2, -0.15) is 4.98 Å². The summed E-state index contributed by atoms with van der Waals surface area (Å²) in [6.45, 7) is 0.763. The predicted octanol–water partition coefficient (Wildman–Crippen LogP) is 5.72. The number of pyridine rings is 1. The summed E-state index contributed by atoms with van der Waals surface area (Å²) < 4.78 is 11.2. The number of carbonyl (C=O) groups is 1. The summed E-state index contributed by atoms with van der Waals surface area (Å²) >= 11 is 1.72. The van der Waals surface area contributed by atoms with Gasteiger partial charge in [-0.3, -0.25) is 9.78 Å². The Labute approximate surface area is 259 Å². The molecule has 222 valence electrons. The molecule has 1 aliphatic heterocycles. The Balaban J connectivity index is 1.33. The summed E-state index contributed by atoms with van der Waals surface area (Å²) in [6.07, 6.45) is 8.17. The van der Waals surface area contributed by atoms with Gasteiger partial charge in [0.2, 0.25) is 5.95 Å². The molecular weight excluding hydrogens is 572 g/mol. The molecule has 0 saturated carbocycles. The van der Waals surface area contributed by atoms with E-state index in [4.69, 9.17) is 20.9 Å². The number of carbonyl (C=O) groups excluding carboxylic acids is 1. The number of hydrogen-bond donors (Lipinski definition) is 2. The van der Waals surface area contributed by atoms with Crippen molar-refractivity contribution in [2.24, 2.45) is 0 Å². The second-order valence-electron chi connectivity index (χ2n) is 10.4. The number of methoxy groups -OCH3 is 2. The highest BCUT2D eigenvalue weighted by Crippen LogP contribution is 2.41. The molecule has 0 radical (unpaired) electrons. The first kappa shape index (κ1) is 28.9. The Hall–Kier alpha value is -5.22. The maximum atomic E-state index is 13.8. The molecule has 0 spiro atoms. The number of aromatic nitrogens is 3. The van der Waals surface area contributed by atoms with Crippen molar-refractivity contribution in [3.05, 3.63) is 124 Å². The fraction of sp³-hybridized carbons (Fsp3) is 0.176. The Morgan fingerprint density at radius 2 is 1.89 bits per heavy atom. The van der Waals surface area contributed by atoms with Crippen LogP contribution in [0.25, 0.3) is 10.6 Å². The van der Waals surface area contributed by atoms with Crippen molar-refractivity contribution in [1.29, 1.82) is 0 Å². The Bertz CT molecular complexity index is 1840. The zero-order valence-electron chi connectivity index (χ0n) is 24.4. The molecule has 10 heteroatoms. The second kappa shape index (κ2) is 12.6. The normalized spacial score (nSPS) is 14.4. The maximum absolute atomic E-state index is 13.8. The number of thiophene rings is 1. The van der Waals surface area contributed by atoms with Crippen LogP contribution in [0.15, 0.2) is 91.4 Å². The highest BCUT2D eigenvalue weighted by atomic mass is 32.1. The summed E-state index contributed by atoms with van der Waals surface area (Å²) in [6, 6.07) is 22.3. The van der Waals surface area contributed by atoms with E-state index in [1.54, 1.807) is 36.8 Å². The van der Waals surface area contributed by atoms with Crippen molar-refractivity contribution in [2.45, 2.75) is 18.9 Å². The number of ketones is 1. The smallest absolute Gasteiger partial charge is 0.221 e. The van der Waals surface area contributed by atoms with Crippen LogP contribution in [0.1, 0.15) is 43.5 Å². The third-order valence-corrected chi connectivity index (χ3v) is 8.83. The number of nitrogen functional groups attached to an aromatic ring is 2. The molecule has 0 aliphatic carbocycles. The topological polar surface area (TPSA) is 129 Å². The van der Waals surface area contributed by atoms with Crippen LogP contribution in [0.4, 0.5) is 11.8 Å². The summed E-state index contributed by atoms with van der Waals surface area (Å²) in [5.41, 5.74) is 17.1. The summed E-state index contributed by atoms with van der Waals surface area (Å²) in [4.78, 5) is 31.0. The number of rotatable bonds is 9. The molecule has 0 saturated heterocycles. The third-order valence-electron chi connectivity index (χ3n) is 7.67. The van der Waals surface area contributed by atoms with Gasteiger partial charge in [-0.15, -0.1) is 11.3 Å². The molecule has 44 heavy (non-hydrogen) atoms. The van der Waals surface area contributed by atoms with Crippen molar-refractivity contribution in [3.63, 3.8) is 0 Å². The van der Waals surface area contributed by atoms with Gasteiger partial charge in [0.15, 0.2) is 17.3 Å². The molecule has 6 rings (SSSR count). The van der Waals surface area contributed by atoms with Crippen molar-refractivity contribution in [3.8, 4) is 22.1 Å². The van der Waals surface area contributed by atoms with Crippen LogP contribution in [0.5, 0.6) is 11.5 Å². The molecule has 0 bridgehead atoms. The van der Waals surface area contributed by atoms with Gasteiger partial charge in [0.25, 0.3) is 0 Å². The molecule has 9 nitrogen and oxygen atoms in total. The first-order chi connectivity index (χ1) is 21.4. The average Bonchev–Trinajstić information content (AvgIpc) is 3.54. The first-order valence-corrected chi connectivity index (χ1v) is 15.0. The number of hydrogen-bond acceptors (Lipinski definition) is 10. The lowest BCUT2D eigenvalue weighted by atomic mass is 9.92. The SMILES string of the molecule is COc1cc(Cc2cnc(N)nc2N)cc(C(=O)/C=C/N2CCc3ccccc3C2c2ccc(-c3ccccn3)s2)c1OC. The van der Waals surface area contributed by atoms with E-state index in [1.165, 1.54) is 23.1 Å². The summed E-state index contributed by atoms with van der Waals surface area (Å²) in [5, 5.41) is 0. The van der Waals surface area contributed by atoms with Crippen LogP contribution in [-0.4, -0.2) is 46.4 Å². The van der Waals surface area contributed by atoms with E-state index >= 15 is 0 Å². The molecule has 4 N–H and O–H groups in total. The van der Waals surface area contributed by atoms with Gasteiger partial charge >= 0.3 is 0 Å². The van der Waals surface area contributed by atoms with Gasteiger partial charge in [0, 0.05) is 48.1 Å². The van der Waals surface area contributed by atoms with Gasteiger partial charge in [0.1, 0.15) is 5.82 Å². The number of nitrogens with two attached hydrogens (primary N) is 2.